The Morgan fingerprint density at radius 3 is 1.67 bits per heavy atom. The average molecular weight is 327 g/mol. The summed E-state index contributed by atoms with van der Waals surface area (Å²) in [6.45, 7) is 6.64. The highest BCUT2D eigenvalue weighted by molar-refractivity contribution is 6.02. The summed E-state index contributed by atoms with van der Waals surface area (Å²) in [5, 5.41) is 3.25. The van der Waals surface area contributed by atoms with E-state index in [0.29, 0.717) is 11.1 Å². The van der Waals surface area contributed by atoms with E-state index in [9.17, 15) is 9.59 Å². The molecule has 0 aromatic heterocycles. The van der Waals surface area contributed by atoms with Crippen molar-refractivity contribution in [2.75, 3.05) is 13.1 Å². The number of rotatable bonds is 6. The van der Waals surface area contributed by atoms with Crippen molar-refractivity contribution in [1.82, 2.24) is 5.32 Å². The molecule has 2 rings (SSSR count). The van der Waals surface area contributed by atoms with Crippen molar-refractivity contribution in [3.8, 4) is 0 Å². The summed E-state index contributed by atoms with van der Waals surface area (Å²) in [4.78, 5) is 23.2. The van der Waals surface area contributed by atoms with Gasteiger partial charge in [-0.25, -0.2) is 9.59 Å². The van der Waals surface area contributed by atoms with E-state index in [4.69, 9.17) is 4.74 Å². The maximum atomic E-state index is 11.6. The molecule has 0 aliphatic carbocycles. The number of nitrogens with one attached hydrogen (secondary N) is 1. The summed E-state index contributed by atoms with van der Waals surface area (Å²) < 4.78 is 4.74. The zero-order valence-electron chi connectivity index (χ0n) is 14.3. The fraction of sp³-hybridized carbons (Fsp3) is 0.300. The van der Waals surface area contributed by atoms with Crippen molar-refractivity contribution >= 4 is 11.9 Å². The molecule has 4 nitrogen and oxygen atoms in total. The maximum absolute atomic E-state index is 11.6. The summed E-state index contributed by atoms with van der Waals surface area (Å²) in [5.74, 6) is -1.28. The molecule has 0 atom stereocenters. The molecule has 0 aliphatic heterocycles. The van der Waals surface area contributed by atoms with E-state index in [1.165, 1.54) is 19.4 Å². The number of hydrogen-bond acceptors (Lipinski definition) is 4. The number of ether oxygens (including phenoxy) is 1. The molecule has 128 valence electrons. The standard InChI is InChI=1S/C14H10O3.C6H15N/c15-13(11-7-3-1-4-8-11)17-14(16)12-9-5-2-6-10-12;1-3-5-6-7-4-2/h1-10H;7H,3-6H2,1-2H3. The molecule has 4 heteroatoms. The minimum Gasteiger partial charge on any atom is -0.386 e. The highest BCUT2D eigenvalue weighted by atomic mass is 16.6. The third-order valence-corrected chi connectivity index (χ3v) is 3.16. The van der Waals surface area contributed by atoms with Gasteiger partial charge in [0, 0.05) is 0 Å². The zero-order valence-corrected chi connectivity index (χ0v) is 14.3. The molecule has 0 unspecified atom stereocenters. The fourth-order valence-corrected chi connectivity index (χ4v) is 1.83. The molecule has 24 heavy (non-hydrogen) atoms. The van der Waals surface area contributed by atoms with Gasteiger partial charge in [-0.3, -0.25) is 0 Å². The van der Waals surface area contributed by atoms with Crippen LogP contribution in [0.15, 0.2) is 60.7 Å². The number of carbonyl (C=O) groups excluding carboxylic acids is 2. The molecular formula is C20H25NO3. The van der Waals surface area contributed by atoms with Crippen LogP contribution < -0.4 is 5.32 Å². The molecule has 0 saturated carbocycles. The second kappa shape index (κ2) is 12.0. The van der Waals surface area contributed by atoms with Crippen LogP contribution in [0.3, 0.4) is 0 Å². The number of benzene rings is 2. The van der Waals surface area contributed by atoms with E-state index >= 15 is 0 Å². The number of carbonyl (C=O) groups is 2. The van der Waals surface area contributed by atoms with Crippen molar-refractivity contribution in [1.29, 1.82) is 0 Å². The van der Waals surface area contributed by atoms with Gasteiger partial charge in [0.15, 0.2) is 0 Å². The summed E-state index contributed by atoms with van der Waals surface area (Å²) in [5.41, 5.74) is 0.716. The Morgan fingerprint density at radius 2 is 1.29 bits per heavy atom. The van der Waals surface area contributed by atoms with Gasteiger partial charge in [0.25, 0.3) is 0 Å². The topological polar surface area (TPSA) is 55.4 Å². The van der Waals surface area contributed by atoms with Gasteiger partial charge in [-0.15, -0.1) is 0 Å². The zero-order chi connectivity index (χ0) is 17.6. The first-order chi connectivity index (χ1) is 11.7. The number of esters is 2. The average Bonchev–Trinajstić information content (AvgIpc) is 2.64. The lowest BCUT2D eigenvalue weighted by molar-refractivity contribution is 0.0398. The maximum Gasteiger partial charge on any atom is 0.346 e. The first kappa shape index (κ1) is 19.6. The number of hydrogen-bond donors (Lipinski definition) is 1. The van der Waals surface area contributed by atoms with Crippen LogP contribution in [0.2, 0.25) is 0 Å². The normalized spacial score (nSPS) is 9.58. The van der Waals surface area contributed by atoms with E-state index in [1.807, 2.05) is 0 Å². The molecule has 1 N–H and O–H groups in total. The third-order valence-electron chi connectivity index (χ3n) is 3.16. The van der Waals surface area contributed by atoms with Crippen LogP contribution in [0.5, 0.6) is 0 Å². The van der Waals surface area contributed by atoms with E-state index < -0.39 is 11.9 Å². The summed E-state index contributed by atoms with van der Waals surface area (Å²) in [6.07, 6.45) is 2.61. The molecule has 0 heterocycles. The van der Waals surface area contributed by atoms with Crippen molar-refractivity contribution in [3.05, 3.63) is 71.8 Å². The van der Waals surface area contributed by atoms with Crippen LogP contribution in [-0.2, 0) is 4.74 Å². The van der Waals surface area contributed by atoms with Crippen LogP contribution in [0, 0.1) is 0 Å². The Hall–Kier alpha value is -2.46. The van der Waals surface area contributed by atoms with Crippen LogP contribution in [0.1, 0.15) is 47.4 Å². The Balaban J connectivity index is 0.000000351. The highest BCUT2D eigenvalue weighted by Gasteiger charge is 2.13. The van der Waals surface area contributed by atoms with Gasteiger partial charge in [-0.05, 0) is 43.8 Å². The lowest BCUT2D eigenvalue weighted by Gasteiger charge is -2.02. The summed E-state index contributed by atoms with van der Waals surface area (Å²) in [7, 11) is 0. The van der Waals surface area contributed by atoms with E-state index in [-0.39, 0.29) is 0 Å². The molecule has 0 aliphatic rings. The minimum absolute atomic E-state index is 0.358. The molecule has 0 spiro atoms. The lowest BCUT2D eigenvalue weighted by atomic mass is 10.2. The Labute approximate surface area is 143 Å². The van der Waals surface area contributed by atoms with Crippen molar-refractivity contribution in [3.63, 3.8) is 0 Å². The van der Waals surface area contributed by atoms with Crippen molar-refractivity contribution in [2.45, 2.75) is 26.7 Å². The Kier molecular flexibility index (Phi) is 9.81. The van der Waals surface area contributed by atoms with E-state index in [2.05, 4.69) is 19.2 Å². The van der Waals surface area contributed by atoms with Crippen LogP contribution >= 0.6 is 0 Å². The second-order valence-corrected chi connectivity index (χ2v) is 5.12. The molecular weight excluding hydrogens is 302 g/mol. The van der Waals surface area contributed by atoms with E-state index in [0.717, 1.165) is 6.54 Å². The summed E-state index contributed by atoms with van der Waals surface area (Å²) >= 11 is 0. The minimum atomic E-state index is -0.639. The molecule has 0 amide bonds. The van der Waals surface area contributed by atoms with Gasteiger partial charge in [0.2, 0.25) is 0 Å². The largest absolute Gasteiger partial charge is 0.386 e. The highest BCUT2D eigenvalue weighted by Crippen LogP contribution is 2.06. The van der Waals surface area contributed by atoms with E-state index in [1.54, 1.807) is 60.7 Å². The second-order valence-electron chi connectivity index (χ2n) is 5.12. The van der Waals surface area contributed by atoms with Crippen LogP contribution in [-0.4, -0.2) is 25.0 Å². The van der Waals surface area contributed by atoms with Gasteiger partial charge in [0.05, 0.1) is 11.1 Å². The third kappa shape index (κ3) is 7.70. The monoisotopic (exact) mass is 327 g/mol. The van der Waals surface area contributed by atoms with Crippen molar-refractivity contribution in [2.24, 2.45) is 0 Å². The molecule has 2 aromatic carbocycles. The quantitative estimate of drug-likeness (QED) is 0.493. The molecule has 2 aromatic rings. The van der Waals surface area contributed by atoms with Crippen LogP contribution in [0.25, 0.3) is 0 Å². The van der Waals surface area contributed by atoms with Gasteiger partial charge in [-0.2, -0.15) is 0 Å². The predicted octanol–water partition coefficient (Wildman–Crippen LogP) is 4.08. The Bertz CT molecular complexity index is 543. The molecule has 0 bridgehead atoms. The molecule has 0 fully saturated rings. The smallest absolute Gasteiger partial charge is 0.346 e. The SMILES string of the molecule is CCCCNCC.O=C(OC(=O)c1ccccc1)c1ccccc1. The molecule has 0 radical (unpaired) electrons. The first-order valence-electron chi connectivity index (χ1n) is 8.26. The molecule has 0 saturated heterocycles. The van der Waals surface area contributed by atoms with Crippen LogP contribution in [0.4, 0.5) is 0 Å². The van der Waals surface area contributed by atoms with Gasteiger partial charge < -0.3 is 10.1 Å². The fourth-order valence-electron chi connectivity index (χ4n) is 1.83. The van der Waals surface area contributed by atoms with Gasteiger partial charge >= 0.3 is 11.9 Å². The van der Waals surface area contributed by atoms with Crippen molar-refractivity contribution < 1.29 is 14.3 Å². The summed E-state index contributed by atoms with van der Waals surface area (Å²) in [6, 6.07) is 16.8. The predicted molar refractivity (Wildman–Crippen MR) is 96.1 cm³/mol. The van der Waals surface area contributed by atoms with Gasteiger partial charge in [0.1, 0.15) is 0 Å². The first-order valence-corrected chi connectivity index (χ1v) is 8.26. The Morgan fingerprint density at radius 1 is 0.833 bits per heavy atom. The lowest BCUT2D eigenvalue weighted by Crippen LogP contribution is -2.13. The number of unbranched alkanes of at least 4 members (excludes halogenated alkanes) is 1. The van der Waals surface area contributed by atoms with Gasteiger partial charge in [-0.1, -0.05) is 56.7 Å².